The summed E-state index contributed by atoms with van der Waals surface area (Å²) in [4.78, 5) is 48.9. The first kappa shape index (κ1) is 28.3. The predicted molar refractivity (Wildman–Crippen MR) is 139 cm³/mol. The van der Waals surface area contributed by atoms with Gasteiger partial charge in [-0.3, -0.25) is 24.3 Å². The van der Waals surface area contributed by atoms with Gasteiger partial charge in [0.15, 0.2) is 0 Å². The Bertz CT molecular complexity index is 1040. The third kappa shape index (κ3) is 8.36. The van der Waals surface area contributed by atoms with E-state index >= 15 is 0 Å². The van der Waals surface area contributed by atoms with E-state index in [0.717, 1.165) is 5.56 Å². The molecule has 0 radical (unpaired) electrons. The van der Waals surface area contributed by atoms with E-state index < -0.39 is 36.9 Å². The van der Waals surface area contributed by atoms with Gasteiger partial charge in [-0.2, -0.15) is 0 Å². The normalized spacial score (nSPS) is 20.4. The van der Waals surface area contributed by atoms with Gasteiger partial charge in [0.25, 0.3) is 5.91 Å². The van der Waals surface area contributed by atoms with Gasteiger partial charge < -0.3 is 19.9 Å². The second-order valence-corrected chi connectivity index (χ2v) is 9.91. The molecule has 10 nitrogen and oxygen atoms in total. The van der Waals surface area contributed by atoms with Crippen molar-refractivity contribution >= 4 is 24.9 Å². The first-order chi connectivity index (χ1) is 17.6. The molecule has 3 rings (SSSR count). The molecule has 0 spiro atoms. The number of likely N-dealkylation sites (N-methyl/N-ethyl adjacent to an activating group) is 1. The number of hydrogen-bond acceptors (Lipinski definition) is 8. The third-order valence-corrected chi connectivity index (χ3v) is 6.43. The first-order valence-electron chi connectivity index (χ1n) is 12.6. The number of carbonyl (C=O) groups excluding carboxylic acids is 3. The standard InChI is InChI=1S/C26H36BN5O5/c1-17(2)13-23(27-36-19(4)18(3)32(5)16-24(33)37-27)31-25(34)21(14-20-9-7-6-8-10-20)30-26(35)22-15-28-11-12-29-22/h6-12,15,17-19,21,23H,13-14,16H2,1-5H3,(H,30,35)(H,31,34)/t18-,19-,21+,23+/m1/s1. The zero-order valence-electron chi connectivity index (χ0n) is 22.1. The summed E-state index contributed by atoms with van der Waals surface area (Å²) in [5, 5.41) is 5.79. The topological polar surface area (TPSA) is 123 Å². The lowest BCUT2D eigenvalue weighted by molar-refractivity contribution is -0.141. The number of benzene rings is 1. The Balaban J connectivity index is 1.83. The smallest absolute Gasteiger partial charge is 0.507 e. The van der Waals surface area contributed by atoms with Gasteiger partial charge in [0.1, 0.15) is 11.7 Å². The Morgan fingerprint density at radius 2 is 1.89 bits per heavy atom. The average Bonchev–Trinajstić information content (AvgIpc) is 2.87. The molecule has 1 aliphatic heterocycles. The number of hydrogen-bond donors (Lipinski definition) is 2. The third-order valence-electron chi connectivity index (χ3n) is 6.43. The van der Waals surface area contributed by atoms with Crippen LogP contribution in [0.2, 0.25) is 0 Å². The van der Waals surface area contributed by atoms with Crippen LogP contribution in [0.25, 0.3) is 0 Å². The van der Waals surface area contributed by atoms with E-state index in [0.29, 0.717) is 6.42 Å². The maximum atomic E-state index is 13.6. The molecule has 198 valence electrons. The largest absolute Gasteiger partial charge is 0.551 e. The van der Waals surface area contributed by atoms with Crippen LogP contribution in [-0.2, 0) is 25.3 Å². The molecule has 1 aromatic heterocycles. The number of carbonyl (C=O) groups is 3. The molecule has 1 aromatic carbocycles. The van der Waals surface area contributed by atoms with Gasteiger partial charge in [-0.15, -0.1) is 0 Å². The lowest BCUT2D eigenvalue weighted by atomic mass is 9.72. The van der Waals surface area contributed by atoms with E-state index in [-0.39, 0.29) is 36.7 Å². The van der Waals surface area contributed by atoms with E-state index in [1.807, 2.05) is 70.0 Å². The van der Waals surface area contributed by atoms with Crippen LogP contribution in [0.5, 0.6) is 0 Å². The van der Waals surface area contributed by atoms with E-state index in [1.165, 1.54) is 18.6 Å². The summed E-state index contributed by atoms with van der Waals surface area (Å²) >= 11 is 0. The number of nitrogens with zero attached hydrogens (tertiary/aromatic N) is 3. The fourth-order valence-electron chi connectivity index (χ4n) is 4.14. The highest BCUT2D eigenvalue weighted by Gasteiger charge is 2.41. The summed E-state index contributed by atoms with van der Waals surface area (Å²) < 4.78 is 11.8. The van der Waals surface area contributed by atoms with Gasteiger partial charge in [0, 0.05) is 24.9 Å². The van der Waals surface area contributed by atoms with Crippen LogP contribution >= 0.6 is 0 Å². The summed E-state index contributed by atoms with van der Waals surface area (Å²) in [6.45, 7) is 8.05. The van der Waals surface area contributed by atoms with Crippen molar-refractivity contribution in [3.63, 3.8) is 0 Å². The van der Waals surface area contributed by atoms with Crippen LogP contribution in [-0.4, -0.2) is 77.5 Å². The molecule has 1 saturated heterocycles. The van der Waals surface area contributed by atoms with Gasteiger partial charge in [-0.05, 0) is 38.8 Å². The Labute approximate surface area is 218 Å². The van der Waals surface area contributed by atoms with Crippen LogP contribution in [0.1, 0.15) is 50.2 Å². The molecule has 1 fully saturated rings. The lowest BCUT2D eigenvalue weighted by Gasteiger charge is -2.36. The fourth-order valence-corrected chi connectivity index (χ4v) is 4.14. The zero-order valence-corrected chi connectivity index (χ0v) is 22.1. The van der Waals surface area contributed by atoms with Crippen molar-refractivity contribution in [1.82, 2.24) is 25.5 Å². The molecule has 4 atom stereocenters. The molecule has 2 amide bonds. The molecule has 11 heteroatoms. The van der Waals surface area contributed by atoms with Gasteiger partial charge >= 0.3 is 13.1 Å². The molecule has 0 aliphatic carbocycles. The van der Waals surface area contributed by atoms with Crippen molar-refractivity contribution < 1.29 is 23.7 Å². The van der Waals surface area contributed by atoms with Crippen molar-refractivity contribution in [1.29, 1.82) is 0 Å². The Hall–Kier alpha value is -3.31. The summed E-state index contributed by atoms with van der Waals surface area (Å²) in [5.41, 5.74) is 0.984. The Kier molecular flexibility index (Phi) is 10.2. The molecule has 2 N–H and O–H groups in total. The second-order valence-electron chi connectivity index (χ2n) is 9.91. The van der Waals surface area contributed by atoms with Crippen LogP contribution in [0.15, 0.2) is 48.9 Å². The SMILES string of the molecule is CC(C)C[C@H](NC(=O)[C@H](Cc1ccccc1)NC(=O)c1cnccn1)B1OC(=O)CN(C)[C@H](C)[C@@H](C)O1. The number of nitrogens with one attached hydrogen (secondary N) is 2. The average molecular weight is 509 g/mol. The van der Waals surface area contributed by atoms with Gasteiger partial charge in [-0.25, -0.2) is 4.98 Å². The van der Waals surface area contributed by atoms with Gasteiger partial charge in [0.2, 0.25) is 5.91 Å². The highest BCUT2D eigenvalue weighted by molar-refractivity contribution is 6.49. The fraction of sp³-hybridized carbons (Fsp3) is 0.500. The van der Waals surface area contributed by atoms with Crippen molar-refractivity contribution in [2.24, 2.45) is 5.92 Å². The molecular weight excluding hydrogens is 473 g/mol. The van der Waals surface area contributed by atoms with E-state index in [1.54, 1.807) is 0 Å². The van der Waals surface area contributed by atoms with Crippen molar-refractivity contribution in [2.75, 3.05) is 13.6 Å². The van der Waals surface area contributed by atoms with Crippen LogP contribution in [0.3, 0.4) is 0 Å². The molecule has 0 saturated carbocycles. The Morgan fingerprint density at radius 3 is 2.54 bits per heavy atom. The predicted octanol–water partition coefficient (Wildman–Crippen LogP) is 1.66. The van der Waals surface area contributed by atoms with Crippen molar-refractivity contribution in [3.05, 3.63) is 60.2 Å². The molecule has 1 aliphatic rings. The molecule has 37 heavy (non-hydrogen) atoms. The molecule has 2 heterocycles. The zero-order chi connectivity index (χ0) is 26.9. The van der Waals surface area contributed by atoms with Gasteiger partial charge in [0.05, 0.1) is 24.8 Å². The maximum absolute atomic E-state index is 13.6. The molecule has 0 unspecified atom stereocenters. The number of amides is 2. The highest BCUT2D eigenvalue weighted by Crippen LogP contribution is 2.17. The highest BCUT2D eigenvalue weighted by atomic mass is 16.6. The minimum Gasteiger partial charge on any atom is -0.507 e. The van der Waals surface area contributed by atoms with E-state index in [2.05, 4.69) is 20.6 Å². The minimum atomic E-state index is -0.960. The molecule has 0 bridgehead atoms. The molecular formula is C26H36BN5O5. The van der Waals surface area contributed by atoms with Crippen LogP contribution < -0.4 is 10.6 Å². The maximum Gasteiger partial charge on any atom is 0.551 e. The quantitative estimate of drug-likeness (QED) is 0.490. The summed E-state index contributed by atoms with van der Waals surface area (Å²) in [6.07, 6.45) is 4.76. The van der Waals surface area contributed by atoms with Crippen LogP contribution in [0, 0.1) is 5.92 Å². The van der Waals surface area contributed by atoms with Crippen LogP contribution in [0.4, 0.5) is 0 Å². The number of rotatable bonds is 9. The van der Waals surface area contributed by atoms with E-state index in [4.69, 9.17) is 9.31 Å². The Morgan fingerprint density at radius 1 is 1.16 bits per heavy atom. The van der Waals surface area contributed by atoms with Crippen molar-refractivity contribution in [3.8, 4) is 0 Å². The minimum absolute atomic E-state index is 0.0251. The van der Waals surface area contributed by atoms with Crippen molar-refractivity contribution in [2.45, 2.75) is 64.7 Å². The lowest BCUT2D eigenvalue weighted by Crippen LogP contribution is -2.59. The summed E-state index contributed by atoms with van der Waals surface area (Å²) in [5.74, 6) is -1.78. The second kappa shape index (κ2) is 13.3. The first-order valence-corrected chi connectivity index (χ1v) is 12.6. The monoisotopic (exact) mass is 509 g/mol. The van der Waals surface area contributed by atoms with E-state index in [9.17, 15) is 14.4 Å². The summed E-state index contributed by atoms with van der Waals surface area (Å²) in [7, 11) is 0.881. The summed E-state index contributed by atoms with van der Waals surface area (Å²) in [6, 6.07) is 8.48. The molecule has 2 aromatic rings. The van der Waals surface area contributed by atoms with Gasteiger partial charge in [-0.1, -0.05) is 44.2 Å². The number of aromatic nitrogens is 2.